The first-order valence-electron chi connectivity index (χ1n) is 10.3. The van der Waals surface area contributed by atoms with Crippen molar-refractivity contribution >= 4 is 33.0 Å². The minimum Gasteiger partial charge on any atom is -0.481 e. The third-order valence-corrected chi connectivity index (χ3v) is 7.76. The van der Waals surface area contributed by atoms with Crippen LogP contribution >= 0.6 is 11.6 Å². The number of aliphatic hydroxyl groups excluding tert-OH is 1. The first-order valence-corrected chi connectivity index (χ1v) is 12.6. The molecule has 2 aliphatic carbocycles. The second-order valence-electron chi connectivity index (χ2n) is 8.57. The minimum absolute atomic E-state index is 0.0485. The van der Waals surface area contributed by atoms with Gasteiger partial charge in [-0.05, 0) is 84.2 Å². The molecule has 2 aromatic carbocycles. The molecule has 164 valence electrons. The van der Waals surface area contributed by atoms with Gasteiger partial charge in [0.2, 0.25) is 0 Å². The number of sulfone groups is 1. The molecular weight excluding hydrogens is 436 g/mol. The number of rotatable bonds is 6. The fraction of sp³-hybridized carbons (Fsp3) is 0.375. The van der Waals surface area contributed by atoms with Crippen LogP contribution in [0.5, 0.6) is 0 Å². The van der Waals surface area contributed by atoms with Crippen LogP contribution in [0.15, 0.2) is 46.9 Å². The average molecular weight is 461 g/mol. The highest BCUT2D eigenvalue weighted by molar-refractivity contribution is 7.90. The van der Waals surface area contributed by atoms with E-state index < -0.39 is 21.9 Å². The Morgan fingerprint density at radius 3 is 2.48 bits per heavy atom. The van der Waals surface area contributed by atoms with E-state index in [-0.39, 0.29) is 23.2 Å². The molecule has 0 saturated heterocycles. The van der Waals surface area contributed by atoms with Gasteiger partial charge in [-0.2, -0.15) is 0 Å². The summed E-state index contributed by atoms with van der Waals surface area (Å²) in [5, 5.41) is 20.6. The Hall–Kier alpha value is -2.15. The first kappa shape index (κ1) is 22.1. The van der Waals surface area contributed by atoms with Gasteiger partial charge in [-0.1, -0.05) is 29.3 Å². The molecule has 0 saturated carbocycles. The number of carboxylic acid groups (broad SMARTS) is 1. The molecule has 4 rings (SSSR count). The van der Waals surface area contributed by atoms with Crippen molar-refractivity contribution in [2.75, 3.05) is 6.26 Å². The Morgan fingerprint density at radius 1 is 1.23 bits per heavy atom. The van der Waals surface area contributed by atoms with Crippen molar-refractivity contribution in [3.05, 3.63) is 69.2 Å². The lowest BCUT2D eigenvalue weighted by Crippen LogP contribution is -2.16. The Morgan fingerprint density at radius 2 is 1.90 bits per heavy atom. The van der Waals surface area contributed by atoms with Crippen LogP contribution < -0.4 is 0 Å². The zero-order valence-corrected chi connectivity index (χ0v) is 19.0. The summed E-state index contributed by atoms with van der Waals surface area (Å²) in [6.45, 7) is 1.64. The van der Waals surface area contributed by atoms with E-state index in [4.69, 9.17) is 11.6 Å². The lowest BCUT2D eigenvalue weighted by molar-refractivity contribution is -0.137. The molecule has 31 heavy (non-hydrogen) atoms. The molecule has 2 aliphatic rings. The van der Waals surface area contributed by atoms with Crippen LogP contribution in [0.1, 0.15) is 60.5 Å². The number of carbonyl (C=O) groups is 1. The molecule has 2 aromatic rings. The van der Waals surface area contributed by atoms with Gasteiger partial charge < -0.3 is 10.2 Å². The largest absolute Gasteiger partial charge is 0.481 e. The zero-order chi connectivity index (χ0) is 22.5. The highest BCUT2D eigenvalue weighted by Gasteiger charge is 2.42. The van der Waals surface area contributed by atoms with Crippen molar-refractivity contribution in [2.24, 2.45) is 5.92 Å². The SMILES string of the molecule is CC(O)c1cc(S(C)(=O)=O)cc2c1C(Cc1ccc(Cl)cc1)C1=C2CC[C@@H]1CC(=O)O. The van der Waals surface area contributed by atoms with Gasteiger partial charge in [0.05, 0.1) is 17.4 Å². The highest BCUT2D eigenvalue weighted by Crippen LogP contribution is 2.56. The number of aliphatic carboxylic acids is 1. The van der Waals surface area contributed by atoms with E-state index in [1.807, 2.05) is 24.3 Å². The first-order chi connectivity index (χ1) is 14.6. The molecule has 0 aliphatic heterocycles. The summed E-state index contributed by atoms with van der Waals surface area (Å²) in [5.41, 5.74) is 5.56. The van der Waals surface area contributed by atoms with Gasteiger partial charge in [-0.3, -0.25) is 4.79 Å². The van der Waals surface area contributed by atoms with Crippen molar-refractivity contribution in [1.29, 1.82) is 0 Å². The Labute approximate surface area is 187 Å². The van der Waals surface area contributed by atoms with E-state index in [0.29, 0.717) is 23.4 Å². The van der Waals surface area contributed by atoms with E-state index >= 15 is 0 Å². The normalized spacial score (nSPS) is 21.2. The quantitative estimate of drug-likeness (QED) is 0.647. The summed E-state index contributed by atoms with van der Waals surface area (Å²) in [5.74, 6) is -1.04. The second-order valence-corrected chi connectivity index (χ2v) is 11.0. The van der Waals surface area contributed by atoms with Crippen molar-refractivity contribution in [1.82, 2.24) is 0 Å². The van der Waals surface area contributed by atoms with Gasteiger partial charge in [-0.15, -0.1) is 0 Å². The topological polar surface area (TPSA) is 91.7 Å². The molecule has 3 atom stereocenters. The summed E-state index contributed by atoms with van der Waals surface area (Å²) in [6, 6.07) is 10.8. The van der Waals surface area contributed by atoms with Gasteiger partial charge in [0.15, 0.2) is 9.84 Å². The minimum atomic E-state index is -3.47. The average Bonchev–Trinajstić information content (AvgIpc) is 3.21. The van der Waals surface area contributed by atoms with Crippen molar-refractivity contribution in [3.63, 3.8) is 0 Å². The number of carboxylic acids is 1. The lowest BCUT2D eigenvalue weighted by atomic mass is 9.80. The van der Waals surface area contributed by atoms with Crippen LogP contribution in [-0.4, -0.2) is 30.9 Å². The molecule has 0 aromatic heterocycles. The van der Waals surface area contributed by atoms with Gasteiger partial charge >= 0.3 is 5.97 Å². The molecule has 2 N–H and O–H groups in total. The maximum absolute atomic E-state index is 12.3. The molecule has 0 heterocycles. The number of benzene rings is 2. The van der Waals surface area contributed by atoms with Gasteiger partial charge in [0.1, 0.15) is 0 Å². The summed E-state index contributed by atoms with van der Waals surface area (Å²) in [7, 11) is -3.47. The Bertz CT molecular complexity index is 1180. The van der Waals surface area contributed by atoms with Crippen molar-refractivity contribution in [2.45, 2.75) is 49.5 Å². The van der Waals surface area contributed by atoms with Crippen LogP contribution in [-0.2, 0) is 21.1 Å². The number of fused-ring (bicyclic) bond motifs is 2. The summed E-state index contributed by atoms with van der Waals surface area (Å²) in [4.78, 5) is 11.7. The summed E-state index contributed by atoms with van der Waals surface area (Å²) in [6.07, 6.45) is 2.45. The standard InChI is InChI=1S/C24H25ClO5S/c1-13(26)19-11-17(31(2,29)30)12-20-18-8-5-15(10-22(27)28)23(18)21(24(19)20)9-14-3-6-16(25)7-4-14/h3-4,6-7,11-13,15,21,26H,5,8-10H2,1-2H3,(H,27,28)/t13?,15-,21?/m1/s1. The van der Waals surface area contributed by atoms with E-state index in [9.17, 15) is 23.4 Å². The monoisotopic (exact) mass is 460 g/mol. The van der Waals surface area contributed by atoms with Crippen LogP contribution in [0.2, 0.25) is 5.02 Å². The van der Waals surface area contributed by atoms with Gasteiger partial charge in [-0.25, -0.2) is 8.42 Å². The molecule has 0 spiro atoms. The van der Waals surface area contributed by atoms with E-state index in [1.165, 1.54) is 0 Å². The highest BCUT2D eigenvalue weighted by atomic mass is 35.5. The molecule has 0 bridgehead atoms. The smallest absolute Gasteiger partial charge is 0.303 e. The Balaban J connectivity index is 1.91. The predicted molar refractivity (Wildman–Crippen MR) is 120 cm³/mol. The molecular formula is C24H25ClO5S. The molecule has 2 unspecified atom stereocenters. The van der Waals surface area contributed by atoms with Crippen molar-refractivity contribution < 1.29 is 23.4 Å². The predicted octanol–water partition coefficient (Wildman–Crippen LogP) is 4.78. The summed E-state index contributed by atoms with van der Waals surface area (Å²) >= 11 is 6.04. The van der Waals surface area contributed by atoms with Crippen LogP contribution in [0.4, 0.5) is 0 Å². The van der Waals surface area contributed by atoms with E-state index in [0.717, 1.165) is 40.5 Å². The third-order valence-electron chi connectivity index (χ3n) is 6.42. The number of hydrogen-bond donors (Lipinski definition) is 2. The lowest BCUT2D eigenvalue weighted by Gasteiger charge is -2.25. The molecule has 0 amide bonds. The summed E-state index contributed by atoms with van der Waals surface area (Å²) < 4.78 is 24.7. The maximum Gasteiger partial charge on any atom is 0.303 e. The fourth-order valence-corrected chi connectivity index (χ4v) is 5.94. The zero-order valence-electron chi connectivity index (χ0n) is 17.4. The Kier molecular flexibility index (Phi) is 5.75. The maximum atomic E-state index is 12.3. The van der Waals surface area contributed by atoms with E-state index in [2.05, 4.69) is 0 Å². The van der Waals surface area contributed by atoms with Crippen LogP contribution in [0.25, 0.3) is 5.57 Å². The second kappa shape index (κ2) is 8.08. The molecule has 7 heteroatoms. The van der Waals surface area contributed by atoms with Gasteiger partial charge in [0.25, 0.3) is 0 Å². The molecule has 0 fully saturated rings. The number of aliphatic hydroxyl groups is 1. The molecule has 0 radical (unpaired) electrons. The van der Waals surface area contributed by atoms with E-state index in [1.54, 1.807) is 19.1 Å². The molecule has 5 nitrogen and oxygen atoms in total. The van der Waals surface area contributed by atoms with Crippen molar-refractivity contribution in [3.8, 4) is 0 Å². The fourth-order valence-electron chi connectivity index (χ4n) is 5.14. The van der Waals surface area contributed by atoms with Crippen LogP contribution in [0.3, 0.4) is 0 Å². The number of hydrogen-bond acceptors (Lipinski definition) is 4. The van der Waals surface area contributed by atoms with Crippen LogP contribution in [0, 0.1) is 5.92 Å². The number of allylic oxidation sites excluding steroid dienone is 2. The van der Waals surface area contributed by atoms with Gasteiger partial charge in [0, 0.05) is 17.2 Å². The third kappa shape index (κ3) is 4.16. The number of halogens is 1.